The van der Waals surface area contributed by atoms with Crippen LogP contribution in [0.15, 0.2) is 60.8 Å². The van der Waals surface area contributed by atoms with Gasteiger partial charge in [-0.15, -0.1) is 0 Å². The van der Waals surface area contributed by atoms with Crippen LogP contribution < -0.4 is 9.80 Å². The highest BCUT2D eigenvalue weighted by molar-refractivity contribution is 6.11. The molecule has 2 fully saturated rings. The fourth-order valence-electron chi connectivity index (χ4n) is 6.41. The molecule has 7 rings (SSSR count). The largest absolute Gasteiger partial charge is 0.354 e. The van der Waals surface area contributed by atoms with Crippen LogP contribution in [-0.4, -0.2) is 66.3 Å². The Morgan fingerprint density at radius 3 is 2.65 bits per heavy atom. The SMILES string of the molecule is CN1CCN(c2ccc(CCc3[nH]nc4cc([C@@H]5C[C@@]56C(=O)N(C)c5ccccc56)ccc34)cn2)CC1. The maximum absolute atomic E-state index is 13.2. The predicted octanol–water partition coefficient (Wildman–Crippen LogP) is 3.90. The molecular formula is C30H32N6O. The van der Waals surface area contributed by atoms with Crippen molar-refractivity contribution in [3.05, 3.63) is 83.2 Å². The molecule has 7 nitrogen and oxygen atoms in total. The van der Waals surface area contributed by atoms with Gasteiger partial charge >= 0.3 is 0 Å². The van der Waals surface area contributed by atoms with Crippen molar-refractivity contribution >= 4 is 28.3 Å². The van der Waals surface area contributed by atoms with E-state index in [1.807, 2.05) is 30.3 Å². The van der Waals surface area contributed by atoms with Crippen molar-refractivity contribution < 1.29 is 4.79 Å². The number of likely N-dealkylation sites (N-methyl/N-ethyl adjacent to an activating group) is 2. The first-order chi connectivity index (χ1) is 18.0. The van der Waals surface area contributed by atoms with Crippen molar-refractivity contribution in [3.63, 3.8) is 0 Å². The Hall–Kier alpha value is -3.71. The van der Waals surface area contributed by atoms with Crippen LogP contribution in [0, 0.1) is 0 Å². The fourth-order valence-corrected chi connectivity index (χ4v) is 6.41. The summed E-state index contributed by atoms with van der Waals surface area (Å²) in [6, 6.07) is 19.1. The zero-order valence-electron chi connectivity index (χ0n) is 21.4. The number of nitrogens with zero attached hydrogens (tertiary/aromatic N) is 5. The van der Waals surface area contributed by atoms with Gasteiger partial charge in [0.15, 0.2) is 0 Å². The molecule has 1 aliphatic carbocycles. The van der Waals surface area contributed by atoms with Gasteiger partial charge in [-0.2, -0.15) is 5.10 Å². The van der Waals surface area contributed by atoms with Crippen LogP contribution in [0.25, 0.3) is 10.9 Å². The first kappa shape index (κ1) is 22.5. The molecule has 2 aromatic heterocycles. The van der Waals surface area contributed by atoms with Gasteiger partial charge in [0.1, 0.15) is 5.82 Å². The molecular weight excluding hydrogens is 460 g/mol. The number of fused-ring (bicyclic) bond motifs is 3. The molecule has 0 bridgehead atoms. The van der Waals surface area contributed by atoms with Crippen LogP contribution in [0.4, 0.5) is 11.5 Å². The number of hydrogen-bond donors (Lipinski definition) is 1. The molecule has 37 heavy (non-hydrogen) atoms. The standard InChI is InChI=1S/C30H32N6O/c1-34-13-15-36(16-14-34)28-12-8-20(19-31-28)7-11-25-22-10-9-21(17-26(22)33-32-25)24-18-30(24)23-5-3-4-6-27(23)35(2)29(30)37/h3-6,8-10,12,17,19,24H,7,11,13-16,18H2,1-2H3,(H,32,33)/t24-,30-/m0/s1. The number of piperazine rings is 1. The summed E-state index contributed by atoms with van der Waals surface area (Å²) in [5.74, 6) is 1.50. The molecule has 1 saturated heterocycles. The Morgan fingerprint density at radius 2 is 1.84 bits per heavy atom. The van der Waals surface area contributed by atoms with Crippen molar-refractivity contribution in [2.24, 2.45) is 0 Å². The van der Waals surface area contributed by atoms with Crippen molar-refractivity contribution in [2.75, 3.05) is 50.1 Å². The molecule has 1 N–H and O–H groups in total. The molecule has 2 aliphatic heterocycles. The van der Waals surface area contributed by atoms with Crippen LogP contribution in [0.1, 0.15) is 34.7 Å². The number of benzene rings is 2. The lowest BCUT2D eigenvalue weighted by molar-refractivity contribution is -0.120. The minimum atomic E-state index is -0.401. The number of para-hydroxylation sites is 1. The highest BCUT2D eigenvalue weighted by atomic mass is 16.2. The van der Waals surface area contributed by atoms with E-state index < -0.39 is 5.41 Å². The van der Waals surface area contributed by atoms with E-state index in [1.54, 1.807) is 0 Å². The third-order valence-corrected chi connectivity index (χ3v) is 8.75. The normalized spacial score (nSPS) is 23.3. The smallest absolute Gasteiger partial charge is 0.238 e. The molecule has 7 heteroatoms. The average molecular weight is 493 g/mol. The minimum Gasteiger partial charge on any atom is -0.354 e. The highest BCUT2D eigenvalue weighted by Crippen LogP contribution is 2.66. The van der Waals surface area contributed by atoms with E-state index in [9.17, 15) is 4.79 Å². The van der Waals surface area contributed by atoms with Gasteiger partial charge in [-0.05, 0) is 61.2 Å². The third-order valence-electron chi connectivity index (χ3n) is 8.75. The minimum absolute atomic E-state index is 0.209. The van der Waals surface area contributed by atoms with Gasteiger partial charge in [0.2, 0.25) is 5.91 Å². The summed E-state index contributed by atoms with van der Waals surface area (Å²) in [5, 5.41) is 9.06. The number of pyridine rings is 1. The van der Waals surface area contributed by atoms with Gasteiger partial charge in [0.25, 0.3) is 0 Å². The number of aromatic nitrogens is 3. The summed E-state index contributed by atoms with van der Waals surface area (Å²) in [5.41, 5.74) is 6.38. The summed E-state index contributed by atoms with van der Waals surface area (Å²) < 4.78 is 0. The zero-order valence-corrected chi connectivity index (χ0v) is 21.4. The molecule has 2 aromatic carbocycles. The van der Waals surface area contributed by atoms with E-state index in [0.717, 1.165) is 73.5 Å². The number of amides is 1. The van der Waals surface area contributed by atoms with E-state index in [0.29, 0.717) is 0 Å². The Kier molecular flexibility index (Phi) is 5.11. The molecule has 2 atom stereocenters. The quantitative estimate of drug-likeness (QED) is 0.458. The molecule has 1 spiro atoms. The first-order valence-electron chi connectivity index (χ1n) is 13.3. The van der Waals surface area contributed by atoms with E-state index in [-0.39, 0.29) is 11.8 Å². The summed E-state index contributed by atoms with van der Waals surface area (Å²) in [6.07, 6.45) is 4.69. The van der Waals surface area contributed by atoms with E-state index >= 15 is 0 Å². The lowest BCUT2D eigenvalue weighted by atomic mass is 9.91. The topological polar surface area (TPSA) is 68.4 Å². The van der Waals surface area contributed by atoms with Crippen molar-refractivity contribution in [1.29, 1.82) is 0 Å². The Bertz CT molecular complexity index is 1490. The van der Waals surface area contributed by atoms with Gasteiger partial charge < -0.3 is 14.7 Å². The van der Waals surface area contributed by atoms with E-state index in [2.05, 4.69) is 69.5 Å². The zero-order chi connectivity index (χ0) is 25.1. The summed E-state index contributed by atoms with van der Waals surface area (Å²) in [7, 11) is 4.06. The molecule has 4 aromatic rings. The number of carbonyl (C=O) groups excluding carboxylic acids is 1. The number of aromatic amines is 1. The van der Waals surface area contributed by atoms with Crippen LogP contribution in [0.5, 0.6) is 0 Å². The summed E-state index contributed by atoms with van der Waals surface area (Å²) in [4.78, 5) is 24.5. The van der Waals surface area contributed by atoms with E-state index in [4.69, 9.17) is 4.98 Å². The summed E-state index contributed by atoms with van der Waals surface area (Å²) >= 11 is 0. The summed E-state index contributed by atoms with van der Waals surface area (Å²) in [6.45, 7) is 4.23. The molecule has 3 aliphatic rings. The van der Waals surface area contributed by atoms with Gasteiger partial charge in [-0.3, -0.25) is 9.89 Å². The lowest BCUT2D eigenvalue weighted by Gasteiger charge is -2.33. The molecule has 0 radical (unpaired) electrons. The molecule has 1 amide bonds. The highest BCUT2D eigenvalue weighted by Gasteiger charge is 2.66. The Balaban J connectivity index is 1.05. The maximum atomic E-state index is 13.2. The average Bonchev–Trinajstić information content (AvgIpc) is 3.51. The number of nitrogens with one attached hydrogen (secondary N) is 1. The Morgan fingerprint density at radius 1 is 1.00 bits per heavy atom. The second-order valence-electron chi connectivity index (χ2n) is 10.9. The van der Waals surface area contributed by atoms with Crippen molar-refractivity contribution in [3.8, 4) is 0 Å². The third kappa shape index (κ3) is 3.55. The number of carbonyl (C=O) groups is 1. The van der Waals surface area contributed by atoms with Crippen molar-refractivity contribution in [2.45, 2.75) is 30.6 Å². The molecule has 4 heterocycles. The van der Waals surface area contributed by atoms with Crippen LogP contribution in [0.2, 0.25) is 0 Å². The van der Waals surface area contributed by atoms with E-state index in [1.165, 1.54) is 16.7 Å². The number of hydrogen-bond acceptors (Lipinski definition) is 5. The van der Waals surface area contributed by atoms with Gasteiger partial charge in [-0.1, -0.05) is 36.4 Å². The number of H-pyrrole nitrogens is 1. The van der Waals surface area contributed by atoms with Crippen LogP contribution >= 0.6 is 0 Å². The lowest BCUT2D eigenvalue weighted by Crippen LogP contribution is -2.44. The Labute approximate surface area is 217 Å². The molecule has 0 unspecified atom stereocenters. The molecule has 188 valence electrons. The van der Waals surface area contributed by atoms with Gasteiger partial charge in [0.05, 0.1) is 10.9 Å². The van der Waals surface area contributed by atoms with Gasteiger partial charge in [-0.25, -0.2) is 4.98 Å². The number of anilines is 2. The molecule has 1 saturated carbocycles. The maximum Gasteiger partial charge on any atom is 0.238 e. The number of rotatable bonds is 5. The second-order valence-corrected chi connectivity index (χ2v) is 10.9. The first-order valence-corrected chi connectivity index (χ1v) is 13.3. The monoisotopic (exact) mass is 492 g/mol. The second kappa shape index (κ2) is 8.42. The predicted molar refractivity (Wildman–Crippen MR) is 146 cm³/mol. The van der Waals surface area contributed by atoms with Crippen molar-refractivity contribution in [1.82, 2.24) is 20.1 Å². The van der Waals surface area contributed by atoms with Gasteiger partial charge in [0, 0.05) is 62.1 Å². The fraction of sp³-hybridized carbons (Fsp3) is 0.367. The number of aryl methyl sites for hydroxylation is 2. The van der Waals surface area contributed by atoms with Crippen LogP contribution in [-0.2, 0) is 23.1 Å². The van der Waals surface area contributed by atoms with Crippen LogP contribution in [0.3, 0.4) is 0 Å².